The van der Waals surface area contributed by atoms with Gasteiger partial charge in [0.15, 0.2) is 11.9 Å². The summed E-state index contributed by atoms with van der Waals surface area (Å²) in [4.78, 5) is 29.7. The lowest BCUT2D eigenvalue weighted by Gasteiger charge is -2.12. The number of rotatable bonds is 9. The van der Waals surface area contributed by atoms with Crippen LogP contribution in [0.5, 0.6) is 17.2 Å². The molecule has 0 aliphatic rings. The maximum atomic E-state index is 13.1. The number of carbonyl (C=O) groups excluding carboxylic acids is 2. The van der Waals surface area contributed by atoms with Crippen molar-refractivity contribution in [1.82, 2.24) is 14.8 Å². The summed E-state index contributed by atoms with van der Waals surface area (Å²) in [6, 6.07) is 22.0. The molecule has 0 spiro atoms. The van der Waals surface area contributed by atoms with Crippen molar-refractivity contribution in [3.05, 3.63) is 95.2 Å². The molecule has 0 bridgehead atoms. The van der Waals surface area contributed by atoms with Crippen molar-refractivity contribution in [2.75, 3.05) is 26.6 Å². The topological polar surface area (TPSA) is 105 Å². The van der Waals surface area contributed by atoms with Gasteiger partial charge in [0.1, 0.15) is 22.9 Å². The van der Waals surface area contributed by atoms with Gasteiger partial charge in [-0.3, -0.25) is 9.59 Å². The lowest BCUT2D eigenvalue weighted by atomic mass is 10.0. The monoisotopic (exact) mass is 536 g/mol. The Balaban J connectivity index is 1.48. The number of anilines is 1. The van der Waals surface area contributed by atoms with Gasteiger partial charge in [-0.1, -0.05) is 18.2 Å². The fraction of sp³-hybridized carbons (Fsp3) is 0.161. The zero-order chi connectivity index (χ0) is 28.2. The summed E-state index contributed by atoms with van der Waals surface area (Å²) < 4.78 is 17.6. The average molecular weight is 537 g/mol. The second-order valence-electron chi connectivity index (χ2n) is 9.16. The molecule has 2 aromatic heterocycles. The Labute approximate surface area is 231 Å². The molecule has 3 aromatic carbocycles. The Kier molecular flexibility index (Phi) is 7.46. The molecule has 40 heavy (non-hydrogen) atoms. The summed E-state index contributed by atoms with van der Waals surface area (Å²) in [5.74, 6) is 1.50. The Morgan fingerprint density at radius 1 is 0.875 bits per heavy atom. The van der Waals surface area contributed by atoms with E-state index >= 15 is 0 Å². The van der Waals surface area contributed by atoms with E-state index in [4.69, 9.17) is 19.2 Å². The lowest BCUT2D eigenvalue weighted by Crippen LogP contribution is -2.12. The number of benzene rings is 3. The third kappa shape index (κ3) is 5.35. The molecule has 2 heterocycles. The zero-order valence-electron chi connectivity index (χ0n) is 22.6. The molecule has 0 radical (unpaired) electrons. The Morgan fingerprint density at radius 3 is 2.23 bits per heavy atom. The van der Waals surface area contributed by atoms with E-state index in [1.807, 2.05) is 61.5 Å². The van der Waals surface area contributed by atoms with Crippen LogP contribution in [-0.4, -0.2) is 48.3 Å². The van der Waals surface area contributed by atoms with Gasteiger partial charge in [0, 0.05) is 28.3 Å². The van der Waals surface area contributed by atoms with E-state index in [1.165, 1.54) is 14.2 Å². The van der Waals surface area contributed by atoms with Gasteiger partial charge < -0.3 is 19.5 Å². The molecular weight excluding hydrogens is 508 g/mol. The number of aromatic nitrogens is 3. The van der Waals surface area contributed by atoms with Crippen molar-refractivity contribution in [1.29, 1.82) is 0 Å². The number of nitrogens with one attached hydrogen (secondary N) is 1. The fourth-order valence-corrected chi connectivity index (χ4v) is 4.45. The summed E-state index contributed by atoms with van der Waals surface area (Å²) in [6.45, 7) is 2.41. The van der Waals surface area contributed by atoms with Crippen molar-refractivity contribution >= 4 is 28.9 Å². The quantitative estimate of drug-likeness (QED) is 0.247. The highest BCUT2D eigenvalue weighted by Gasteiger charge is 2.16. The highest BCUT2D eigenvalue weighted by Crippen LogP contribution is 2.29. The van der Waals surface area contributed by atoms with Crippen LogP contribution >= 0.6 is 0 Å². The van der Waals surface area contributed by atoms with E-state index in [2.05, 4.69) is 10.4 Å². The van der Waals surface area contributed by atoms with Gasteiger partial charge in [0.2, 0.25) is 0 Å². The maximum absolute atomic E-state index is 13.1. The van der Waals surface area contributed by atoms with E-state index < -0.39 is 0 Å². The number of hydrogen-bond acceptors (Lipinski definition) is 7. The molecule has 202 valence electrons. The number of nitrogens with zero attached hydrogens (tertiary/aromatic N) is 3. The largest absolute Gasteiger partial charge is 0.497 e. The fourth-order valence-electron chi connectivity index (χ4n) is 4.45. The molecule has 0 aliphatic carbocycles. The third-order valence-corrected chi connectivity index (χ3v) is 6.61. The molecule has 0 saturated heterocycles. The molecule has 0 atom stereocenters. The van der Waals surface area contributed by atoms with E-state index in [0.29, 0.717) is 51.7 Å². The van der Waals surface area contributed by atoms with Crippen LogP contribution in [0.25, 0.3) is 22.3 Å². The van der Waals surface area contributed by atoms with Gasteiger partial charge in [-0.05, 0) is 66.6 Å². The number of ether oxygens (including phenoxy) is 3. The Bertz CT molecular complexity index is 1690. The number of aldehydes is 1. The molecule has 0 unspecified atom stereocenters. The molecule has 1 amide bonds. The average Bonchev–Trinajstić information content (AvgIpc) is 3.34. The summed E-state index contributed by atoms with van der Waals surface area (Å²) in [5.41, 5.74) is 5.43. The molecule has 5 rings (SSSR count). The van der Waals surface area contributed by atoms with Crippen LogP contribution in [-0.2, 0) is 6.54 Å². The second-order valence-corrected chi connectivity index (χ2v) is 9.16. The predicted molar refractivity (Wildman–Crippen MR) is 153 cm³/mol. The number of carbonyl (C=O) groups is 2. The maximum Gasteiger partial charge on any atom is 0.255 e. The summed E-state index contributed by atoms with van der Waals surface area (Å²) >= 11 is 0. The molecular formula is C31H28N4O5. The van der Waals surface area contributed by atoms with Gasteiger partial charge in [-0.25, -0.2) is 9.67 Å². The van der Waals surface area contributed by atoms with Crippen molar-refractivity contribution in [3.8, 4) is 28.5 Å². The van der Waals surface area contributed by atoms with E-state index in [9.17, 15) is 9.59 Å². The first-order valence-corrected chi connectivity index (χ1v) is 12.5. The lowest BCUT2D eigenvalue weighted by molar-refractivity contribution is 0.102. The minimum absolute atomic E-state index is 0.302. The van der Waals surface area contributed by atoms with Crippen LogP contribution in [0.3, 0.4) is 0 Å². The molecule has 9 heteroatoms. The van der Waals surface area contributed by atoms with Gasteiger partial charge in [0.25, 0.3) is 5.91 Å². The van der Waals surface area contributed by atoms with Crippen molar-refractivity contribution < 1.29 is 23.8 Å². The van der Waals surface area contributed by atoms with Crippen molar-refractivity contribution in [2.45, 2.75) is 13.5 Å². The number of pyridine rings is 1. The van der Waals surface area contributed by atoms with Gasteiger partial charge >= 0.3 is 0 Å². The number of methoxy groups -OCH3 is 3. The van der Waals surface area contributed by atoms with Crippen LogP contribution < -0.4 is 19.5 Å². The highest BCUT2D eigenvalue weighted by molar-refractivity contribution is 6.05. The van der Waals surface area contributed by atoms with Crippen LogP contribution in [0.15, 0.2) is 72.8 Å². The summed E-state index contributed by atoms with van der Waals surface area (Å²) in [7, 11) is 4.69. The molecule has 5 aromatic rings. The molecule has 0 aliphatic heterocycles. The van der Waals surface area contributed by atoms with E-state index in [0.717, 1.165) is 28.7 Å². The molecule has 1 N–H and O–H groups in total. The summed E-state index contributed by atoms with van der Waals surface area (Å²) in [6.07, 6.45) is 0.739. The van der Waals surface area contributed by atoms with Gasteiger partial charge in [0.05, 0.1) is 33.6 Å². The Hall–Kier alpha value is -5.18. The van der Waals surface area contributed by atoms with E-state index in [1.54, 1.807) is 30.0 Å². The normalized spacial score (nSPS) is 10.8. The number of amides is 1. The highest BCUT2D eigenvalue weighted by atomic mass is 16.5. The first-order valence-electron chi connectivity index (χ1n) is 12.5. The number of hydrogen-bond donors (Lipinski definition) is 1. The Morgan fingerprint density at radius 2 is 1.57 bits per heavy atom. The van der Waals surface area contributed by atoms with Crippen LogP contribution in [0, 0.1) is 6.92 Å². The second kappa shape index (κ2) is 11.3. The molecule has 0 fully saturated rings. The van der Waals surface area contributed by atoms with Crippen molar-refractivity contribution in [3.63, 3.8) is 0 Å². The molecule has 0 saturated carbocycles. The smallest absolute Gasteiger partial charge is 0.255 e. The zero-order valence-corrected chi connectivity index (χ0v) is 22.6. The summed E-state index contributed by atoms with van der Waals surface area (Å²) in [5, 5.41) is 8.12. The first kappa shape index (κ1) is 26.4. The van der Waals surface area contributed by atoms with Crippen LogP contribution in [0.1, 0.15) is 32.0 Å². The third-order valence-electron chi connectivity index (χ3n) is 6.61. The predicted octanol–water partition coefficient (Wildman–Crippen LogP) is 5.55. The first-order chi connectivity index (χ1) is 19.4. The van der Waals surface area contributed by atoms with Gasteiger partial charge in [-0.15, -0.1) is 0 Å². The minimum Gasteiger partial charge on any atom is -0.497 e. The van der Waals surface area contributed by atoms with Crippen LogP contribution in [0.4, 0.5) is 5.69 Å². The molecule has 9 nitrogen and oxygen atoms in total. The SMILES string of the molecule is COc1ccc(Cn2nc(C=O)c3ccc(-c4cc(NC(=O)c5cc(OC)cc(OC)c5)ccc4C)nc32)cc1. The number of aryl methyl sites for hydroxylation is 1. The van der Waals surface area contributed by atoms with Crippen molar-refractivity contribution in [2.24, 2.45) is 0 Å². The minimum atomic E-state index is -0.302. The van der Waals surface area contributed by atoms with E-state index in [-0.39, 0.29) is 5.91 Å². The standard InChI is InChI=1S/C31H28N4O5/c1-19-5-8-22(32-31(37)21-13-24(39-3)16-25(14-21)40-4)15-27(19)28-12-11-26-29(18-36)34-35(30(26)33-28)17-20-6-9-23(38-2)10-7-20/h5-16,18H,17H2,1-4H3,(H,32,37). The van der Waals surface area contributed by atoms with Crippen LogP contribution in [0.2, 0.25) is 0 Å². The number of fused-ring (bicyclic) bond motifs is 1. The van der Waals surface area contributed by atoms with Gasteiger partial charge in [-0.2, -0.15) is 5.10 Å².